The summed E-state index contributed by atoms with van der Waals surface area (Å²) in [6, 6.07) is 13.8. The van der Waals surface area contributed by atoms with Gasteiger partial charge in [0.2, 0.25) is 4.96 Å². The van der Waals surface area contributed by atoms with Crippen LogP contribution in [0.15, 0.2) is 53.3 Å². The number of hydrogen-bond acceptors (Lipinski definition) is 7. The summed E-state index contributed by atoms with van der Waals surface area (Å²) < 4.78 is 11.7. The highest BCUT2D eigenvalue weighted by molar-refractivity contribution is 7.19. The summed E-state index contributed by atoms with van der Waals surface area (Å²) in [7, 11) is 3.14. The number of methoxy groups -OCH3 is 2. The maximum absolute atomic E-state index is 12.5. The zero-order valence-electron chi connectivity index (χ0n) is 17.7. The summed E-state index contributed by atoms with van der Waals surface area (Å²) in [6.45, 7) is 2.01. The number of carbonyl (C=O) groups excluding carboxylic acids is 1. The van der Waals surface area contributed by atoms with Crippen LogP contribution in [0.3, 0.4) is 0 Å². The van der Waals surface area contributed by atoms with Gasteiger partial charge in [-0.1, -0.05) is 17.4 Å². The minimum atomic E-state index is -0.431. The van der Waals surface area contributed by atoms with Crippen molar-refractivity contribution in [3.8, 4) is 22.1 Å². The number of amides is 2. The molecule has 0 aliphatic heterocycles. The number of aromatic nitrogens is 3. The Morgan fingerprint density at radius 3 is 2.59 bits per heavy atom. The van der Waals surface area contributed by atoms with Gasteiger partial charge in [-0.25, -0.2) is 9.78 Å². The summed E-state index contributed by atoms with van der Waals surface area (Å²) in [5.41, 5.74) is 2.51. The van der Waals surface area contributed by atoms with Gasteiger partial charge in [0.1, 0.15) is 16.5 Å². The number of nitrogens with zero attached hydrogens (tertiary/aromatic N) is 3. The second-order valence-corrected chi connectivity index (χ2v) is 7.88. The Hall–Kier alpha value is -3.92. The zero-order valence-corrected chi connectivity index (χ0v) is 18.5. The maximum atomic E-state index is 12.5. The average Bonchev–Trinajstić information content (AvgIpc) is 3.23. The minimum Gasteiger partial charge on any atom is -0.497 e. The van der Waals surface area contributed by atoms with Crippen molar-refractivity contribution in [3.63, 3.8) is 0 Å². The Morgan fingerprint density at radius 1 is 1.09 bits per heavy atom. The molecule has 0 saturated heterocycles. The molecule has 0 aliphatic rings. The van der Waals surface area contributed by atoms with E-state index in [0.717, 1.165) is 16.9 Å². The summed E-state index contributed by atoms with van der Waals surface area (Å²) >= 11 is 1.29. The third-order valence-corrected chi connectivity index (χ3v) is 5.63. The lowest BCUT2D eigenvalue weighted by atomic mass is 10.2. The fourth-order valence-electron chi connectivity index (χ4n) is 3.05. The van der Waals surface area contributed by atoms with Gasteiger partial charge in [-0.3, -0.25) is 4.79 Å². The molecule has 2 aromatic carbocycles. The number of carbonyl (C=O) groups is 1. The number of nitrogens with one attached hydrogen (secondary N) is 2. The zero-order chi connectivity index (χ0) is 22.7. The van der Waals surface area contributed by atoms with Crippen molar-refractivity contribution >= 4 is 28.0 Å². The number of ether oxygens (including phenoxy) is 2. The first-order valence-corrected chi connectivity index (χ1v) is 10.5. The number of fused-ring (bicyclic) bond motifs is 1. The maximum Gasteiger partial charge on any atom is 0.319 e. The molecule has 2 amide bonds. The number of anilines is 1. The fourth-order valence-corrected chi connectivity index (χ4v) is 3.98. The molecule has 0 fully saturated rings. The highest BCUT2D eigenvalue weighted by atomic mass is 32.1. The minimum absolute atomic E-state index is 0.0848. The monoisotopic (exact) mass is 451 g/mol. The molecule has 0 atom stereocenters. The Labute approximate surface area is 187 Å². The molecule has 10 heteroatoms. The first kappa shape index (κ1) is 21.3. The predicted molar refractivity (Wildman–Crippen MR) is 123 cm³/mol. The third kappa shape index (κ3) is 4.54. The van der Waals surface area contributed by atoms with Crippen molar-refractivity contribution < 1.29 is 14.3 Å². The average molecular weight is 452 g/mol. The normalized spacial score (nSPS) is 10.7. The van der Waals surface area contributed by atoms with Gasteiger partial charge in [-0.15, -0.1) is 0 Å². The molecule has 9 nitrogen and oxygen atoms in total. The van der Waals surface area contributed by atoms with Crippen LogP contribution in [0.5, 0.6) is 11.5 Å². The van der Waals surface area contributed by atoms with E-state index in [0.29, 0.717) is 27.1 Å². The van der Waals surface area contributed by atoms with E-state index in [-0.39, 0.29) is 12.1 Å². The van der Waals surface area contributed by atoms with Crippen LogP contribution in [-0.2, 0) is 6.54 Å². The lowest BCUT2D eigenvalue weighted by molar-refractivity contribution is 0.251. The van der Waals surface area contributed by atoms with Crippen molar-refractivity contribution in [2.75, 3.05) is 19.5 Å². The van der Waals surface area contributed by atoms with E-state index < -0.39 is 6.03 Å². The van der Waals surface area contributed by atoms with E-state index >= 15 is 0 Å². The molecule has 0 saturated carbocycles. The van der Waals surface area contributed by atoms with Gasteiger partial charge in [0.05, 0.1) is 32.1 Å². The van der Waals surface area contributed by atoms with E-state index in [2.05, 4.69) is 20.7 Å². The number of hydrogen-bond donors (Lipinski definition) is 2. The van der Waals surface area contributed by atoms with Gasteiger partial charge in [0.25, 0.3) is 5.56 Å². The van der Waals surface area contributed by atoms with Crippen molar-refractivity contribution in [1.29, 1.82) is 0 Å². The molecular weight excluding hydrogens is 430 g/mol. The molecule has 2 heterocycles. The highest BCUT2D eigenvalue weighted by Crippen LogP contribution is 2.26. The quantitative estimate of drug-likeness (QED) is 0.465. The topological polar surface area (TPSA) is 107 Å². The molecule has 32 heavy (non-hydrogen) atoms. The van der Waals surface area contributed by atoms with Gasteiger partial charge < -0.3 is 20.1 Å². The smallest absolute Gasteiger partial charge is 0.319 e. The Kier molecular flexibility index (Phi) is 6.04. The first-order valence-electron chi connectivity index (χ1n) is 9.70. The van der Waals surface area contributed by atoms with Crippen LogP contribution >= 0.6 is 11.3 Å². The van der Waals surface area contributed by atoms with Gasteiger partial charge >= 0.3 is 6.03 Å². The van der Waals surface area contributed by atoms with Crippen molar-refractivity contribution in [2.45, 2.75) is 13.5 Å². The lowest BCUT2D eigenvalue weighted by Crippen LogP contribution is -2.29. The van der Waals surface area contributed by atoms with Crippen LogP contribution in [0.1, 0.15) is 11.3 Å². The van der Waals surface area contributed by atoms with Crippen LogP contribution in [0, 0.1) is 6.92 Å². The Morgan fingerprint density at radius 2 is 1.88 bits per heavy atom. The molecule has 0 bridgehead atoms. The predicted octanol–water partition coefficient (Wildman–Crippen LogP) is 3.47. The first-order chi connectivity index (χ1) is 15.5. The molecule has 0 spiro atoms. The van der Waals surface area contributed by atoms with Crippen LogP contribution in [-0.4, -0.2) is 34.8 Å². The van der Waals surface area contributed by atoms with E-state index in [4.69, 9.17) is 9.47 Å². The Bertz CT molecular complexity index is 1330. The molecule has 2 N–H and O–H groups in total. The molecule has 0 unspecified atom stereocenters. The van der Waals surface area contributed by atoms with E-state index in [1.165, 1.54) is 29.0 Å². The van der Waals surface area contributed by atoms with Crippen molar-refractivity contribution in [2.24, 2.45) is 0 Å². The van der Waals surface area contributed by atoms with E-state index in [9.17, 15) is 9.59 Å². The van der Waals surface area contributed by atoms with Crippen LogP contribution in [0.25, 0.3) is 15.5 Å². The van der Waals surface area contributed by atoms with Crippen molar-refractivity contribution in [3.05, 3.63) is 70.1 Å². The van der Waals surface area contributed by atoms with Gasteiger partial charge in [0, 0.05) is 11.6 Å². The molecule has 4 rings (SSSR count). The summed E-state index contributed by atoms with van der Waals surface area (Å²) in [5, 5.41) is 10.5. The van der Waals surface area contributed by atoms with Crippen LogP contribution in [0.4, 0.5) is 10.5 Å². The largest absolute Gasteiger partial charge is 0.497 e. The SMILES string of the molecule is COc1ccc(-c2nn3c(=O)cc(CNC(=O)Nc4cc(C)ccc4OC)nc3s2)cc1. The third-order valence-electron chi connectivity index (χ3n) is 4.67. The second kappa shape index (κ2) is 9.06. The van der Waals surface area contributed by atoms with Crippen LogP contribution in [0.2, 0.25) is 0 Å². The molecule has 0 aliphatic carbocycles. The highest BCUT2D eigenvalue weighted by Gasteiger charge is 2.12. The summed E-state index contributed by atoms with van der Waals surface area (Å²) in [4.78, 5) is 29.8. The molecule has 4 aromatic rings. The number of urea groups is 1. The van der Waals surface area contributed by atoms with Gasteiger partial charge in [-0.05, 0) is 48.9 Å². The number of benzene rings is 2. The molecule has 164 valence electrons. The van der Waals surface area contributed by atoms with E-state index in [1.807, 2.05) is 43.3 Å². The van der Waals surface area contributed by atoms with Crippen LogP contribution < -0.4 is 25.7 Å². The van der Waals surface area contributed by atoms with Crippen molar-refractivity contribution in [1.82, 2.24) is 19.9 Å². The second-order valence-electron chi connectivity index (χ2n) is 6.93. The summed E-state index contributed by atoms with van der Waals surface area (Å²) in [6.07, 6.45) is 0. The molecule has 0 radical (unpaired) electrons. The lowest BCUT2D eigenvalue weighted by Gasteiger charge is -2.11. The van der Waals surface area contributed by atoms with Gasteiger partial charge in [0.15, 0.2) is 0 Å². The van der Waals surface area contributed by atoms with E-state index in [1.54, 1.807) is 13.2 Å². The number of aryl methyl sites for hydroxylation is 1. The number of rotatable bonds is 6. The standard InChI is InChI=1S/C22H21N5O4S/c1-13-4-9-18(31-3)17(10-13)25-21(29)23-12-15-11-19(28)27-22(24-15)32-20(26-27)14-5-7-16(30-2)8-6-14/h4-11H,12H2,1-3H3,(H2,23,25,29). The Balaban J connectivity index is 1.49. The van der Waals surface area contributed by atoms with Gasteiger partial charge in [-0.2, -0.15) is 9.61 Å². The molecule has 2 aromatic heterocycles. The fraction of sp³-hybridized carbons (Fsp3) is 0.182. The summed E-state index contributed by atoms with van der Waals surface area (Å²) in [5.74, 6) is 1.29. The molecular formula is C22H21N5O4S.